The van der Waals surface area contributed by atoms with Crippen molar-refractivity contribution >= 4 is 11.8 Å². The van der Waals surface area contributed by atoms with E-state index in [0.717, 1.165) is 49.4 Å². The second-order valence-electron chi connectivity index (χ2n) is 12.5. The van der Waals surface area contributed by atoms with Gasteiger partial charge in [-0.25, -0.2) is 0 Å². The van der Waals surface area contributed by atoms with E-state index in [1.165, 1.54) is 89.0 Å². The molecule has 0 saturated heterocycles. The Morgan fingerprint density at radius 1 is 0.879 bits per heavy atom. The van der Waals surface area contributed by atoms with Crippen LogP contribution in [-0.4, -0.2) is 16.9 Å². The monoisotopic (exact) mass is 456 g/mol. The molecule has 3 heteroatoms. The molecule has 0 aromatic carbocycles. The van der Waals surface area contributed by atoms with Gasteiger partial charge in [-0.2, -0.15) is 0 Å². The van der Waals surface area contributed by atoms with E-state index >= 15 is 0 Å². The predicted molar refractivity (Wildman–Crippen MR) is 134 cm³/mol. The van der Waals surface area contributed by atoms with Crippen LogP contribution in [0.1, 0.15) is 129 Å². The third-order valence-electron chi connectivity index (χ3n) is 10.9. The zero-order valence-electron chi connectivity index (χ0n) is 21.4. The summed E-state index contributed by atoms with van der Waals surface area (Å²) < 4.78 is 0. The second-order valence-corrected chi connectivity index (χ2v) is 12.5. The molecule has 4 rings (SSSR count). The van der Waals surface area contributed by atoms with Gasteiger partial charge >= 0.3 is 5.97 Å². The number of carbonyl (C=O) groups excluding carboxylic acids is 1. The van der Waals surface area contributed by atoms with E-state index in [1.807, 2.05) is 6.08 Å². The summed E-state index contributed by atoms with van der Waals surface area (Å²) in [6.07, 6.45) is 23.7. The number of aliphatic carboxylic acids is 1. The Hall–Kier alpha value is -1.12. The van der Waals surface area contributed by atoms with Gasteiger partial charge in [0.15, 0.2) is 5.78 Å². The van der Waals surface area contributed by atoms with Gasteiger partial charge in [0.05, 0.1) is 0 Å². The summed E-state index contributed by atoms with van der Waals surface area (Å²) in [6.45, 7) is 5.16. The van der Waals surface area contributed by atoms with Crippen LogP contribution >= 0.6 is 0 Å². The average Bonchev–Trinajstić information content (AvgIpc) is 3.11. The van der Waals surface area contributed by atoms with Crippen molar-refractivity contribution in [3.8, 4) is 0 Å². The number of unbranched alkanes of at least 4 members (excludes halogenated alkanes) is 7. The van der Waals surface area contributed by atoms with E-state index in [4.69, 9.17) is 5.11 Å². The van der Waals surface area contributed by atoms with Gasteiger partial charge in [-0.1, -0.05) is 64.4 Å². The van der Waals surface area contributed by atoms with E-state index in [2.05, 4.69) is 13.8 Å². The minimum atomic E-state index is -0.656. The Morgan fingerprint density at radius 2 is 1.58 bits per heavy atom. The SMILES string of the molecule is C[C@]12CC[C@H]3[C@@H](CCC4=CC(=O)CC[C@@]43C)[C@@H]1CC[C@@H]2CCCCCCCCCCC(=O)O. The lowest BCUT2D eigenvalue weighted by atomic mass is 9.46. The minimum absolute atomic E-state index is 0.309. The summed E-state index contributed by atoms with van der Waals surface area (Å²) in [5.41, 5.74) is 2.37. The van der Waals surface area contributed by atoms with Crippen LogP contribution in [0.5, 0.6) is 0 Å². The average molecular weight is 457 g/mol. The molecule has 0 heterocycles. The molecule has 0 amide bonds. The topological polar surface area (TPSA) is 54.4 Å². The molecule has 3 saturated carbocycles. The highest BCUT2D eigenvalue weighted by Gasteiger charge is 2.58. The van der Waals surface area contributed by atoms with E-state index in [-0.39, 0.29) is 0 Å². The highest BCUT2D eigenvalue weighted by atomic mass is 16.4. The summed E-state index contributed by atoms with van der Waals surface area (Å²) >= 11 is 0. The molecule has 4 aliphatic rings. The zero-order chi connectivity index (χ0) is 23.5. The Balaban J connectivity index is 1.21. The number of hydrogen-bond donors (Lipinski definition) is 1. The second kappa shape index (κ2) is 10.6. The number of fused-ring (bicyclic) bond motifs is 5. The molecule has 186 valence electrons. The first-order valence-corrected chi connectivity index (χ1v) is 14.3. The van der Waals surface area contributed by atoms with Crippen molar-refractivity contribution in [2.75, 3.05) is 0 Å². The summed E-state index contributed by atoms with van der Waals surface area (Å²) in [4.78, 5) is 22.6. The summed E-state index contributed by atoms with van der Waals surface area (Å²) in [6, 6.07) is 0. The predicted octanol–water partition coefficient (Wildman–Crippen LogP) is 8.12. The largest absolute Gasteiger partial charge is 0.481 e. The normalized spacial score (nSPS) is 37.8. The van der Waals surface area contributed by atoms with Gasteiger partial charge in [-0.3, -0.25) is 9.59 Å². The third kappa shape index (κ3) is 5.27. The van der Waals surface area contributed by atoms with Crippen molar-refractivity contribution in [3.63, 3.8) is 0 Å². The molecule has 0 radical (unpaired) electrons. The highest BCUT2D eigenvalue weighted by Crippen LogP contribution is 2.67. The van der Waals surface area contributed by atoms with E-state index < -0.39 is 5.97 Å². The first kappa shape index (κ1) is 25.0. The van der Waals surface area contributed by atoms with Crippen molar-refractivity contribution in [3.05, 3.63) is 11.6 Å². The first-order chi connectivity index (χ1) is 15.8. The number of ketones is 1. The number of rotatable bonds is 11. The quantitative estimate of drug-likeness (QED) is 0.319. The molecule has 0 unspecified atom stereocenters. The highest BCUT2D eigenvalue weighted by molar-refractivity contribution is 5.91. The summed E-state index contributed by atoms with van der Waals surface area (Å²) in [5.74, 6) is 3.28. The Labute approximate surface area is 202 Å². The van der Waals surface area contributed by atoms with E-state index in [1.54, 1.807) is 0 Å². The lowest BCUT2D eigenvalue weighted by Gasteiger charge is -2.58. The number of allylic oxidation sites excluding steroid dienone is 1. The van der Waals surface area contributed by atoms with Crippen LogP contribution in [0.4, 0.5) is 0 Å². The zero-order valence-corrected chi connectivity index (χ0v) is 21.4. The van der Waals surface area contributed by atoms with Crippen LogP contribution in [0.25, 0.3) is 0 Å². The first-order valence-electron chi connectivity index (χ1n) is 14.3. The molecular weight excluding hydrogens is 408 g/mol. The Kier molecular flexibility index (Phi) is 8.06. The van der Waals surface area contributed by atoms with Gasteiger partial charge in [0.25, 0.3) is 0 Å². The molecule has 3 fully saturated rings. The minimum Gasteiger partial charge on any atom is -0.481 e. The molecule has 33 heavy (non-hydrogen) atoms. The van der Waals surface area contributed by atoms with Gasteiger partial charge in [-0.15, -0.1) is 0 Å². The molecule has 0 aromatic rings. The fourth-order valence-electron chi connectivity index (χ4n) is 8.87. The van der Waals surface area contributed by atoms with Crippen molar-refractivity contribution in [1.29, 1.82) is 0 Å². The maximum Gasteiger partial charge on any atom is 0.303 e. The molecule has 4 aliphatic carbocycles. The standard InChI is InChI=1S/C30H48O3/c1-29-20-18-27-25(15-13-23-21-24(31)17-19-30(23,27)2)26(29)16-14-22(29)11-9-7-5-3-4-6-8-10-12-28(32)33/h21-22,25-27H,3-20H2,1-2H3,(H,32,33)/t22-,25-,26-,27-,29+,30-/m0/s1. The molecule has 0 bridgehead atoms. The van der Waals surface area contributed by atoms with E-state index in [0.29, 0.717) is 23.0 Å². The Bertz CT molecular complexity index is 739. The number of hydrogen-bond acceptors (Lipinski definition) is 2. The smallest absolute Gasteiger partial charge is 0.303 e. The van der Waals surface area contributed by atoms with Crippen LogP contribution in [0.2, 0.25) is 0 Å². The number of carbonyl (C=O) groups is 2. The molecule has 1 N–H and O–H groups in total. The number of carboxylic acid groups (broad SMARTS) is 1. The Morgan fingerprint density at radius 3 is 2.30 bits per heavy atom. The van der Waals surface area contributed by atoms with Crippen LogP contribution in [0, 0.1) is 34.5 Å². The summed E-state index contributed by atoms with van der Waals surface area (Å²) in [7, 11) is 0. The molecule has 6 atom stereocenters. The van der Waals surface area contributed by atoms with Crippen molar-refractivity contribution < 1.29 is 14.7 Å². The molecular formula is C30H48O3. The lowest BCUT2D eigenvalue weighted by molar-refractivity contribution is -0.137. The fraction of sp³-hybridized carbons (Fsp3) is 0.867. The molecule has 0 aliphatic heterocycles. The van der Waals surface area contributed by atoms with Crippen molar-refractivity contribution in [2.24, 2.45) is 34.5 Å². The fourth-order valence-corrected chi connectivity index (χ4v) is 8.87. The maximum absolute atomic E-state index is 12.0. The van der Waals surface area contributed by atoms with Crippen LogP contribution in [0.15, 0.2) is 11.6 Å². The van der Waals surface area contributed by atoms with Crippen molar-refractivity contribution in [1.82, 2.24) is 0 Å². The third-order valence-corrected chi connectivity index (χ3v) is 10.9. The van der Waals surface area contributed by atoms with Gasteiger partial charge < -0.3 is 5.11 Å². The maximum atomic E-state index is 12.0. The van der Waals surface area contributed by atoms with Gasteiger partial charge in [0.1, 0.15) is 0 Å². The molecule has 0 aromatic heterocycles. The van der Waals surface area contributed by atoms with Gasteiger partial charge in [0.2, 0.25) is 0 Å². The van der Waals surface area contributed by atoms with Gasteiger partial charge in [-0.05, 0) is 98.4 Å². The lowest BCUT2D eigenvalue weighted by Crippen LogP contribution is -2.50. The summed E-state index contributed by atoms with van der Waals surface area (Å²) in [5, 5.41) is 8.70. The van der Waals surface area contributed by atoms with E-state index in [9.17, 15) is 9.59 Å². The van der Waals surface area contributed by atoms with Crippen LogP contribution < -0.4 is 0 Å². The molecule has 0 spiro atoms. The van der Waals surface area contributed by atoms with Gasteiger partial charge in [0, 0.05) is 12.8 Å². The van der Waals surface area contributed by atoms with Crippen LogP contribution in [-0.2, 0) is 9.59 Å². The molecule has 3 nitrogen and oxygen atoms in total. The van der Waals surface area contributed by atoms with Crippen molar-refractivity contribution in [2.45, 2.75) is 129 Å². The number of carboxylic acids is 1. The van der Waals surface area contributed by atoms with Crippen LogP contribution in [0.3, 0.4) is 0 Å².